The van der Waals surface area contributed by atoms with Crippen LogP contribution in [0.3, 0.4) is 0 Å². The summed E-state index contributed by atoms with van der Waals surface area (Å²) in [7, 11) is 0. The highest BCUT2D eigenvalue weighted by molar-refractivity contribution is 5.98. The highest BCUT2D eigenvalue weighted by atomic mass is 19.4. The molecule has 0 radical (unpaired) electrons. The molecule has 1 aromatic heterocycles. The first kappa shape index (κ1) is 21.8. The van der Waals surface area contributed by atoms with Gasteiger partial charge in [-0.05, 0) is 30.2 Å². The zero-order chi connectivity index (χ0) is 23.0. The Balaban J connectivity index is 1.61. The van der Waals surface area contributed by atoms with Crippen molar-refractivity contribution >= 4 is 11.7 Å². The Morgan fingerprint density at radius 1 is 1.16 bits per heavy atom. The number of rotatable bonds is 4. The van der Waals surface area contributed by atoms with Crippen molar-refractivity contribution in [3.05, 3.63) is 82.5 Å². The fourth-order valence-electron chi connectivity index (χ4n) is 3.74. The molecule has 2 atom stereocenters. The molecule has 5 nitrogen and oxygen atoms in total. The van der Waals surface area contributed by atoms with Gasteiger partial charge in [0, 0.05) is 19.0 Å². The lowest BCUT2D eigenvalue weighted by Crippen LogP contribution is -2.36. The molecule has 1 amide bonds. The van der Waals surface area contributed by atoms with Gasteiger partial charge in [-0.1, -0.05) is 29.8 Å². The van der Waals surface area contributed by atoms with Gasteiger partial charge in [0.15, 0.2) is 6.04 Å². The highest BCUT2D eigenvalue weighted by Gasteiger charge is 2.47. The van der Waals surface area contributed by atoms with Crippen LogP contribution >= 0.6 is 0 Å². The molecular weight excluding hydrogens is 431 g/mol. The van der Waals surface area contributed by atoms with Crippen molar-refractivity contribution in [3.63, 3.8) is 0 Å². The minimum absolute atomic E-state index is 0.0629. The lowest BCUT2D eigenvalue weighted by Gasteiger charge is -2.34. The van der Waals surface area contributed by atoms with Crippen LogP contribution in [0.4, 0.5) is 27.8 Å². The molecular formula is C22H19F5N4O. The standard InChI is InChI=1S/C22H19F5N4O/c1-12-2-4-14(5-3-12)18-9-19(22(25,26)27)31-20(30-18)17(11-29-31)21(32)28-10-13-6-15(23)8-16(24)7-13/h2-8,11,18-19,30H,9-10H2,1H3,(H,28,32)/t18-,19+/m1/s1. The van der Waals surface area contributed by atoms with Crippen molar-refractivity contribution in [2.24, 2.45) is 0 Å². The minimum Gasteiger partial charge on any atom is -0.363 e. The molecule has 0 spiro atoms. The van der Waals surface area contributed by atoms with Crippen molar-refractivity contribution in [2.75, 3.05) is 5.32 Å². The fourth-order valence-corrected chi connectivity index (χ4v) is 3.74. The lowest BCUT2D eigenvalue weighted by atomic mass is 9.96. The van der Waals surface area contributed by atoms with Crippen molar-refractivity contribution in [2.45, 2.75) is 38.1 Å². The number of hydrogen-bond acceptors (Lipinski definition) is 3. The zero-order valence-electron chi connectivity index (χ0n) is 16.9. The number of carbonyl (C=O) groups is 1. The van der Waals surface area contributed by atoms with E-state index in [0.29, 0.717) is 11.6 Å². The van der Waals surface area contributed by atoms with Gasteiger partial charge in [-0.15, -0.1) is 0 Å². The number of hydrogen-bond donors (Lipinski definition) is 2. The molecule has 2 N–H and O–H groups in total. The molecule has 4 rings (SSSR count). The highest BCUT2D eigenvalue weighted by Crippen LogP contribution is 2.44. The summed E-state index contributed by atoms with van der Waals surface area (Å²) in [4.78, 5) is 12.7. The summed E-state index contributed by atoms with van der Waals surface area (Å²) in [5, 5.41) is 9.28. The van der Waals surface area contributed by atoms with E-state index in [1.54, 1.807) is 24.3 Å². The maximum atomic E-state index is 13.8. The SMILES string of the molecule is Cc1ccc([C@H]2C[C@@H](C(F)(F)F)n3ncc(C(=O)NCc4cc(F)cc(F)c4)c3N2)cc1. The van der Waals surface area contributed by atoms with E-state index in [9.17, 15) is 26.7 Å². The van der Waals surface area contributed by atoms with Crippen molar-refractivity contribution < 1.29 is 26.7 Å². The van der Waals surface area contributed by atoms with Crippen LogP contribution in [0.15, 0.2) is 48.7 Å². The number of amides is 1. The number of nitrogens with one attached hydrogen (secondary N) is 2. The number of fused-ring (bicyclic) bond motifs is 1. The number of benzene rings is 2. The molecule has 0 fully saturated rings. The fraction of sp³-hybridized carbons (Fsp3) is 0.273. The van der Waals surface area contributed by atoms with Gasteiger partial charge in [0.2, 0.25) is 0 Å². The molecule has 32 heavy (non-hydrogen) atoms. The third-order valence-electron chi connectivity index (χ3n) is 5.34. The van der Waals surface area contributed by atoms with Crippen LogP contribution in [0, 0.1) is 18.6 Å². The van der Waals surface area contributed by atoms with Gasteiger partial charge in [0.05, 0.1) is 12.2 Å². The first-order valence-electron chi connectivity index (χ1n) is 9.82. The second-order valence-electron chi connectivity index (χ2n) is 7.71. The van der Waals surface area contributed by atoms with Gasteiger partial charge in [0.25, 0.3) is 5.91 Å². The number of aryl methyl sites for hydroxylation is 1. The summed E-state index contributed by atoms with van der Waals surface area (Å²) in [5.74, 6) is -2.37. The summed E-state index contributed by atoms with van der Waals surface area (Å²) >= 11 is 0. The number of nitrogens with zero attached hydrogens (tertiary/aromatic N) is 2. The Morgan fingerprint density at radius 3 is 2.44 bits per heavy atom. The van der Waals surface area contributed by atoms with E-state index in [2.05, 4.69) is 15.7 Å². The number of alkyl halides is 3. The van der Waals surface area contributed by atoms with Crippen molar-refractivity contribution in [1.82, 2.24) is 15.1 Å². The van der Waals surface area contributed by atoms with E-state index in [0.717, 1.165) is 28.6 Å². The van der Waals surface area contributed by atoms with E-state index >= 15 is 0 Å². The molecule has 1 aliphatic rings. The van der Waals surface area contributed by atoms with E-state index in [-0.39, 0.29) is 29.9 Å². The topological polar surface area (TPSA) is 59.0 Å². The van der Waals surface area contributed by atoms with Gasteiger partial charge in [-0.25, -0.2) is 13.5 Å². The summed E-state index contributed by atoms with van der Waals surface area (Å²) in [6.45, 7) is 1.67. The normalized spacial score (nSPS) is 18.1. The largest absolute Gasteiger partial charge is 0.410 e. The monoisotopic (exact) mass is 450 g/mol. The van der Waals surface area contributed by atoms with Crippen LogP contribution in [0.25, 0.3) is 0 Å². The van der Waals surface area contributed by atoms with Gasteiger partial charge in [-0.2, -0.15) is 18.3 Å². The molecule has 168 valence electrons. The number of halogens is 5. The van der Waals surface area contributed by atoms with E-state index in [1.807, 2.05) is 6.92 Å². The first-order valence-corrected chi connectivity index (χ1v) is 9.82. The molecule has 0 unspecified atom stereocenters. The van der Waals surface area contributed by atoms with Crippen LogP contribution < -0.4 is 10.6 Å². The van der Waals surface area contributed by atoms with Crippen LogP contribution in [-0.4, -0.2) is 21.9 Å². The summed E-state index contributed by atoms with van der Waals surface area (Å²) in [5.41, 5.74) is 1.71. The summed E-state index contributed by atoms with van der Waals surface area (Å²) < 4.78 is 68.8. The molecule has 2 heterocycles. The van der Waals surface area contributed by atoms with Gasteiger partial charge >= 0.3 is 6.18 Å². The van der Waals surface area contributed by atoms with Crippen LogP contribution in [0.2, 0.25) is 0 Å². The smallest absolute Gasteiger partial charge is 0.363 e. The molecule has 0 saturated carbocycles. The Labute approximate surface area is 180 Å². The van der Waals surface area contributed by atoms with Crippen molar-refractivity contribution in [3.8, 4) is 0 Å². The number of anilines is 1. The Morgan fingerprint density at radius 2 is 1.81 bits per heavy atom. The molecule has 10 heteroatoms. The van der Waals surface area contributed by atoms with Crippen molar-refractivity contribution in [1.29, 1.82) is 0 Å². The van der Waals surface area contributed by atoms with E-state index < -0.39 is 35.8 Å². The second kappa shape index (κ2) is 8.25. The summed E-state index contributed by atoms with van der Waals surface area (Å²) in [6, 6.07) is 7.30. The molecule has 0 bridgehead atoms. The first-order chi connectivity index (χ1) is 15.1. The van der Waals surface area contributed by atoms with Crippen LogP contribution in [0.5, 0.6) is 0 Å². The molecule has 3 aromatic rings. The maximum Gasteiger partial charge on any atom is 0.410 e. The van der Waals surface area contributed by atoms with Crippen LogP contribution in [0.1, 0.15) is 45.6 Å². The van der Waals surface area contributed by atoms with E-state index in [4.69, 9.17) is 0 Å². The average Bonchev–Trinajstić information content (AvgIpc) is 3.14. The molecule has 0 saturated heterocycles. The minimum atomic E-state index is -4.57. The molecule has 1 aliphatic heterocycles. The second-order valence-corrected chi connectivity index (χ2v) is 7.71. The Kier molecular flexibility index (Phi) is 5.62. The van der Waals surface area contributed by atoms with Gasteiger partial charge in [0.1, 0.15) is 23.0 Å². The maximum absolute atomic E-state index is 13.8. The predicted octanol–water partition coefficient (Wildman–Crippen LogP) is 5.06. The van der Waals surface area contributed by atoms with Crippen LogP contribution in [-0.2, 0) is 6.54 Å². The summed E-state index contributed by atoms with van der Waals surface area (Å²) in [6.07, 6.45) is -3.80. The van der Waals surface area contributed by atoms with Gasteiger partial charge in [-0.3, -0.25) is 4.79 Å². The van der Waals surface area contributed by atoms with Gasteiger partial charge < -0.3 is 10.6 Å². The number of carbonyl (C=O) groups excluding carboxylic acids is 1. The third-order valence-corrected chi connectivity index (χ3v) is 5.34. The number of aromatic nitrogens is 2. The zero-order valence-corrected chi connectivity index (χ0v) is 16.9. The third kappa shape index (κ3) is 4.44. The quantitative estimate of drug-likeness (QED) is 0.547. The molecule has 2 aromatic carbocycles. The Bertz CT molecular complexity index is 1120. The molecule has 0 aliphatic carbocycles. The Hall–Kier alpha value is -3.43. The predicted molar refractivity (Wildman–Crippen MR) is 107 cm³/mol. The van der Waals surface area contributed by atoms with E-state index in [1.165, 1.54) is 0 Å². The lowest BCUT2D eigenvalue weighted by molar-refractivity contribution is -0.173. The average molecular weight is 450 g/mol.